The maximum absolute atomic E-state index is 4.58. The van der Waals surface area contributed by atoms with Crippen molar-refractivity contribution in [2.24, 2.45) is 0 Å². The molecule has 4 heteroatoms. The van der Waals surface area contributed by atoms with Crippen molar-refractivity contribution in [1.29, 1.82) is 0 Å². The third-order valence-electron chi connectivity index (χ3n) is 4.91. The van der Waals surface area contributed by atoms with Crippen molar-refractivity contribution in [3.63, 3.8) is 0 Å². The first-order valence-corrected chi connectivity index (χ1v) is 8.43. The van der Waals surface area contributed by atoms with Gasteiger partial charge in [0.1, 0.15) is 11.6 Å². The molecule has 0 amide bonds. The monoisotopic (exact) mass is 314 g/mol. The molecule has 2 aliphatic rings. The van der Waals surface area contributed by atoms with Crippen LogP contribution in [0.4, 0.5) is 23.0 Å². The minimum absolute atomic E-state index is 0.991. The van der Waals surface area contributed by atoms with E-state index in [1.54, 1.807) is 0 Å². The standard InChI is InChI=1S/C20H18N4/c1-6-17(23-12-8-15-4-2-10-21-19(15)23)14-18(7-1)24-13-9-16-5-3-11-22-20(16)24/h1-7,10-11,14H,8-9,12-13H2. The number of aromatic nitrogens is 2. The van der Waals surface area contributed by atoms with Crippen LogP contribution in [0.25, 0.3) is 0 Å². The summed E-state index contributed by atoms with van der Waals surface area (Å²) in [5.74, 6) is 2.18. The van der Waals surface area contributed by atoms with Crippen molar-refractivity contribution in [3.05, 3.63) is 72.1 Å². The van der Waals surface area contributed by atoms with Crippen LogP contribution in [0.5, 0.6) is 0 Å². The molecule has 0 unspecified atom stereocenters. The van der Waals surface area contributed by atoms with Crippen molar-refractivity contribution < 1.29 is 0 Å². The fourth-order valence-electron chi connectivity index (χ4n) is 3.74. The van der Waals surface area contributed by atoms with Crippen LogP contribution in [0.15, 0.2) is 60.9 Å². The first kappa shape index (κ1) is 13.5. The van der Waals surface area contributed by atoms with Crippen LogP contribution in [0, 0.1) is 0 Å². The molecule has 2 aliphatic heterocycles. The van der Waals surface area contributed by atoms with E-state index in [9.17, 15) is 0 Å². The molecule has 2 aromatic heterocycles. The first-order chi connectivity index (χ1) is 11.9. The largest absolute Gasteiger partial charge is 0.326 e. The molecule has 0 fully saturated rings. The molecule has 0 bridgehead atoms. The van der Waals surface area contributed by atoms with Gasteiger partial charge < -0.3 is 9.80 Å². The van der Waals surface area contributed by atoms with E-state index < -0.39 is 0 Å². The number of hydrogen-bond acceptors (Lipinski definition) is 4. The van der Waals surface area contributed by atoms with Crippen molar-refractivity contribution in [2.75, 3.05) is 22.9 Å². The molecule has 3 aromatic rings. The third-order valence-corrected chi connectivity index (χ3v) is 4.91. The van der Waals surface area contributed by atoms with Crippen LogP contribution in [-0.2, 0) is 12.8 Å². The van der Waals surface area contributed by atoms with E-state index in [1.165, 1.54) is 22.5 Å². The topological polar surface area (TPSA) is 32.3 Å². The maximum atomic E-state index is 4.58. The zero-order valence-electron chi connectivity index (χ0n) is 13.4. The SMILES string of the molecule is c1cc(N2CCc3cccnc32)cc(N2CCc3cccnc32)c1. The predicted molar refractivity (Wildman–Crippen MR) is 96.3 cm³/mol. The Morgan fingerprint density at radius 2 is 1.21 bits per heavy atom. The molecule has 0 saturated heterocycles. The van der Waals surface area contributed by atoms with E-state index in [-0.39, 0.29) is 0 Å². The van der Waals surface area contributed by atoms with Gasteiger partial charge in [-0.2, -0.15) is 0 Å². The summed E-state index contributed by atoms with van der Waals surface area (Å²) < 4.78 is 0. The minimum atomic E-state index is 0.991. The lowest BCUT2D eigenvalue weighted by Gasteiger charge is -2.23. The fraction of sp³-hybridized carbons (Fsp3) is 0.200. The lowest BCUT2D eigenvalue weighted by molar-refractivity contribution is 0.976. The summed E-state index contributed by atoms with van der Waals surface area (Å²) in [6.45, 7) is 1.98. The number of anilines is 4. The molecule has 4 nitrogen and oxygen atoms in total. The number of benzene rings is 1. The normalized spacial score (nSPS) is 15.5. The summed E-state index contributed by atoms with van der Waals surface area (Å²) in [6, 6.07) is 17.1. The van der Waals surface area contributed by atoms with Crippen LogP contribution in [0.1, 0.15) is 11.1 Å². The van der Waals surface area contributed by atoms with Gasteiger partial charge in [0, 0.05) is 36.9 Å². The quantitative estimate of drug-likeness (QED) is 0.719. The Morgan fingerprint density at radius 3 is 1.75 bits per heavy atom. The van der Waals surface area contributed by atoms with Crippen LogP contribution >= 0.6 is 0 Å². The molecule has 0 aliphatic carbocycles. The fourth-order valence-corrected chi connectivity index (χ4v) is 3.74. The van der Waals surface area contributed by atoms with Crippen molar-refractivity contribution in [3.8, 4) is 0 Å². The van der Waals surface area contributed by atoms with Crippen molar-refractivity contribution in [1.82, 2.24) is 9.97 Å². The molecule has 5 rings (SSSR count). The van der Waals surface area contributed by atoms with E-state index in [4.69, 9.17) is 0 Å². The highest BCUT2D eigenvalue weighted by atomic mass is 15.2. The Kier molecular flexibility index (Phi) is 3.01. The lowest BCUT2D eigenvalue weighted by atomic mass is 10.2. The summed E-state index contributed by atoms with van der Waals surface area (Å²) in [5.41, 5.74) is 5.07. The highest BCUT2D eigenvalue weighted by molar-refractivity contribution is 5.73. The highest BCUT2D eigenvalue weighted by Crippen LogP contribution is 2.37. The number of rotatable bonds is 2. The van der Waals surface area contributed by atoms with Gasteiger partial charge in [0.25, 0.3) is 0 Å². The third kappa shape index (κ3) is 2.07. The van der Waals surface area contributed by atoms with E-state index in [2.05, 4.69) is 56.2 Å². The lowest BCUT2D eigenvalue weighted by Crippen LogP contribution is -2.17. The summed E-state index contributed by atoms with van der Waals surface area (Å²) in [4.78, 5) is 13.8. The number of fused-ring (bicyclic) bond motifs is 2. The average molecular weight is 314 g/mol. The van der Waals surface area contributed by atoms with Crippen molar-refractivity contribution >= 4 is 23.0 Å². The second kappa shape index (κ2) is 5.34. The Hall–Kier alpha value is -2.88. The molecule has 1 aromatic carbocycles. The van der Waals surface area contributed by atoms with Gasteiger partial charge in [0.15, 0.2) is 0 Å². The van der Waals surface area contributed by atoms with Crippen LogP contribution in [0.3, 0.4) is 0 Å². The Labute approximate surface area is 141 Å². The van der Waals surface area contributed by atoms with E-state index in [0.717, 1.165) is 37.6 Å². The summed E-state index contributed by atoms with van der Waals surface area (Å²) in [6.07, 6.45) is 5.87. The number of pyridine rings is 2. The molecule has 24 heavy (non-hydrogen) atoms. The smallest absolute Gasteiger partial charge is 0.136 e. The van der Waals surface area contributed by atoms with Gasteiger partial charge in [-0.3, -0.25) is 0 Å². The van der Waals surface area contributed by atoms with Crippen LogP contribution in [0.2, 0.25) is 0 Å². The van der Waals surface area contributed by atoms with Crippen LogP contribution < -0.4 is 9.80 Å². The van der Waals surface area contributed by atoms with E-state index in [1.807, 2.05) is 24.5 Å². The minimum Gasteiger partial charge on any atom is -0.326 e. The second-order valence-electron chi connectivity index (χ2n) is 6.30. The van der Waals surface area contributed by atoms with Gasteiger partial charge in [-0.25, -0.2) is 9.97 Å². The molecule has 0 radical (unpaired) electrons. The molecule has 118 valence electrons. The average Bonchev–Trinajstić information content (AvgIpc) is 3.26. The predicted octanol–water partition coefficient (Wildman–Crippen LogP) is 3.87. The van der Waals surface area contributed by atoms with Gasteiger partial charge >= 0.3 is 0 Å². The molecular formula is C20H18N4. The maximum Gasteiger partial charge on any atom is 0.136 e. The Morgan fingerprint density at radius 1 is 0.667 bits per heavy atom. The molecule has 0 saturated carbocycles. The molecule has 0 N–H and O–H groups in total. The second-order valence-corrected chi connectivity index (χ2v) is 6.30. The molecule has 0 atom stereocenters. The molecular weight excluding hydrogens is 296 g/mol. The number of hydrogen-bond donors (Lipinski definition) is 0. The summed E-state index contributed by atoms with van der Waals surface area (Å²) in [5, 5.41) is 0. The zero-order chi connectivity index (χ0) is 15.9. The highest BCUT2D eigenvalue weighted by Gasteiger charge is 2.24. The Bertz CT molecular complexity index is 835. The molecule has 4 heterocycles. The zero-order valence-corrected chi connectivity index (χ0v) is 13.4. The van der Waals surface area contributed by atoms with Gasteiger partial charge in [-0.15, -0.1) is 0 Å². The summed E-state index contributed by atoms with van der Waals surface area (Å²) in [7, 11) is 0. The number of nitrogens with zero attached hydrogens (tertiary/aromatic N) is 4. The van der Waals surface area contributed by atoms with Crippen LogP contribution in [-0.4, -0.2) is 23.1 Å². The van der Waals surface area contributed by atoms with Crippen molar-refractivity contribution in [2.45, 2.75) is 12.8 Å². The van der Waals surface area contributed by atoms with E-state index >= 15 is 0 Å². The van der Waals surface area contributed by atoms with Gasteiger partial charge in [-0.05, 0) is 54.3 Å². The molecule has 0 spiro atoms. The van der Waals surface area contributed by atoms with E-state index in [0.29, 0.717) is 0 Å². The van der Waals surface area contributed by atoms with Gasteiger partial charge in [0.2, 0.25) is 0 Å². The Balaban J connectivity index is 1.52. The van der Waals surface area contributed by atoms with Gasteiger partial charge in [-0.1, -0.05) is 18.2 Å². The summed E-state index contributed by atoms with van der Waals surface area (Å²) >= 11 is 0. The van der Waals surface area contributed by atoms with Gasteiger partial charge in [0.05, 0.1) is 0 Å². The first-order valence-electron chi connectivity index (χ1n) is 8.43.